The number of imidazole rings is 1. The third-order valence-corrected chi connectivity index (χ3v) is 4.99. The van der Waals surface area contributed by atoms with E-state index in [1.54, 1.807) is 18.7 Å². The number of hydrogen-bond acceptors (Lipinski definition) is 6. The Morgan fingerprint density at radius 3 is 3.08 bits per heavy atom. The predicted octanol–water partition coefficient (Wildman–Crippen LogP) is 2.24. The molecule has 0 aliphatic carbocycles. The van der Waals surface area contributed by atoms with Crippen molar-refractivity contribution >= 4 is 22.4 Å². The van der Waals surface area contributed by atoms with Gasteiger partial charge in [0.1, 0.15) is 0 Å². The standard InChI is InChI=1S/C17H18N6OS/c24-14(22-17-19-7-10-25-17)5-9-23-8-4-12-15(21-11-20-12)16(23)13-3-1-2-6-18-13/h1-3,6-7,10-11,16H,4-5,8-9H2,(H,20,21)(H,19,22,24)/t16-/m0/s1. The molecule has 3 aromatic rings. The maximum absolute atomic E-state index is 12.2. The lowest BCUT2D eigenvalue weighted by Crippen LogP contribution is -2.38. The first kappa shape index (κ1) is 15.9. The smallest absolute Gasteiger partial charge is 0.227 e. The average molecular weight is 354 g/mol. The minimum atomic E-state index is -0.0254. The monoisotopic (exact) mass is 354 g/mol. The van der Waals surface area contributed by atoms with Gasteiger partial charge in [-0.05, 0) is 12.1 Å². The van der Waals surface area contributed by atoms with Crippen molar-refractivity contribution in [2.45, 2.75) is 18.9 Å². The maximum atomic E-state index is 12.2. The Kier molecular flexibility index (Phi) is 4.53. The summed E-state index contributed by atoms with van der Waals surface area (Å²) in [6, 6.07) is 5.88. The molecule has 1 atom stereocenters. The fourth-order valence-electron chi connectivity index (χ4n) is 3.14. The first-order chi connectivity index (χ1) is 12.3. The minimum absolute atomic E-state index is 0.0242. The van der Waals surface area contributed by atoms with Crippen LogP contribution in [0.15, 0.2) is 42.3 Å². The fourth-order valence-corrected chi connectivity index (χ4v) is 3.69. The van der Waals surface area contributed by atoms with Crippen LogP contribution in [0.3, 0.4) is 0 Å². The number of rotatable bonds is 5. The van der Waals surface area contributed by atoms with Crippen LogP contribution in [0, 0.1) is 0 Å². The number of nitrogens with one attached hydrogen (secondary N) is 2. The van der Waals surface area contributed by atoms with Crippen LogP contribution in [0.4, 0.5) is 5.13 Å². The number of amides is 1. The molecule has 0 saturated heterocycles. The number of thiazole rings is 1. The van der Waals surface area contributed by atoms with Gasteiger partial charge >= 0.3 is 0 Å². The number of aromatic amines is 1. The Balaban J connectivity index is 1.49. The lowest BCUT2D eigenvalue weighted by molar-refractivity contribution is -0.116. The van der Waals surface area contributed by atoms with Crippen LogP contribution < -0.4 is 5.32 Å². The van der Waals surface area contributed by atoms with Crippen LogP contribution in [0.25, 0.3) is 0 Å². The number of aromatic nitrogens is 4. The van der Waals surface area contributed by atoms with E-state index >= 15 is 0 Å². The number of hydrogen-bond donors (Lipinski definition) is 2. The third kappa shape index (κ3) is 3.45. The average Bonchev–Trinajstić information content (AvgIpc) is 3.31. The molecule has 25 heavy (non-hydrogen) atoms. The van der Waals surface area contributed by atoms with E-state index in [0.29, 0.717) is 18.1 Å². The van der Waals surface area contributed by atoms with Gasteiger partial charge in [-0.25, -0.2) is 9.97 Å². The van der Waals surface area contributed by atoms with Gasteiger partial charge in [0.05, 0.1) is 23.8 Å². The molecule has 8 heteroatoms. The summed E-state index contributed by atoms with van der Waals surface area (Å²) in [6.07, 6.45) is 6.51. The normalized spacial score (nSPS) is 17.2. The van der Waals surface area contributed by atoms with Crippen molar-refractivity contribution < 1.29 is 4.79 Å². The van der Waals surface area contributed by atoms with Gasteiger partial charge in [-0.1, -0.05) is 6.07 Å². The molecule has 0 fully saturated rings. The van der Waals surface area contributed by atoms with Gasteiger partial charge in [-0.15, -0.1) is 11.3 Å². The van der Waals surface area contributed by atoms with Gasteiger partial charge in [0.25, 0.3) is 0 Å². The second kappa shape index (κ2) is 7.12. The zero-order valence-corrected chi connectivity index (χ0v) is 14.4. The molecule has 0 radical (unpaired) electrons. The van der Waals surface area contributed by atoms with Crippen molar-refractivity contribution in [2.75, 3.05) is 18.4 Å². The van der Waals surface area contributed by atoms with Crippen LogP contribution in [0.1, 0.15) is 29.5 Å². The summed E-state index contributed by atoms with van der Waals surface area (Å²) < 4.78 is 0. The molecule has 1 amide bonds. The van der Waals surface area contributed by atoms with E-state index in [-0.39, 0.29) is 11.9 Å². The van der Waals surface area contributed by atoms with Crippen molar-refractivity contribution in [1.82, 2.24) is 24.8 Å². The Morgan fingerprint density at radius 2 is 2.28 bits per heavy atom. The molecular formula is C17H18N6OS. The molecular weight excluding hydrogens is 336 g/mol. The molecule has 0 saturated carbocycles. The predicted molar refractivity (Wildman–Crippen MR) is 95.3 cm³/mol. The second-order valence-corrected chi connectivity index (χ2v) is 6.74. The highest BCUT2D eigenvalue weighted by Crippen LogP contribution is 2.32. The molecule has 0 bridgehead atoms. The van der Waals surface area contributed by atoms with Crippen LogP contribution >= 0.6 is 11.3 Å². The van der Waals surface area contributed by atoms with Crippen molar-refractivity contribution in [3.8, 4) is 0 Å². The highest BCUT2D eigenvalue weighted by atomic mass is 32.1. The van der Waals surface area contributed by atoms with E-state index in [0.717, 1.165) is 30.0 Å². The van der Waals surface area contributed by atoms with Crippen LogP contribution in [0.5, 0.6) is 0 Å². The third-order valence-electron chi connectivity index (χ3n) is 4.30. The molecule has 4 heterocycles. The molecule has 0 aromatic carbocycles. The molecule has 1 aliphatic heterocycles. The van der Waals surface area contributed by atoms with E-state index in [1.165, 1.54) is 11.3 Å². The highest BCUT2D eigenvalue weighted by Gasteiger charge is 2.31. The number of carbonyl (C=O) groups excluding carboxylic acids is 1. The van der Waals surface area contributed by atoms with Gasteiger partial charge < -0.3 is 10.3 Å². The number of H-pyrrole nitrogens is 1. The zero-order chi connectivity index (χ0) is 17.1. The van der Waals surface area contributed by atoms with Crippen molar-refractivity contribution in [3.63, 3.8) is 0 Å². The van der Waals surface area contributed by atoms with Gasteiger partial charge in [-0.3, -0.25) is 14.7 Å². The van der Waals surface area contributed by atoms with E-state index in [2.05, 4.69) is 30.2 Å². The molecule has 4 rings (SSSR count). The molecule has 128 valence electrons. The summed E-state index contributed by atoms with van der Waals surface area (Å²) in [7, 11) is 0. The molecule has 7 nitrogen and oxygen atoms in total. The van der Waals surface area contributed by atoms with Crippen LogP contribution in [-0.4, -0.2) is 43.8 Å². The van der Waals surface area contributed by atoms with Crippen molar-refractivity contribution in [2.24, 2.45) is 0 Å². The lowest BCUT2D eigenvalue weighted by atomic mass is 9.99. The van der Waals surface area contributed by atoms with E-state index in [4.69, 9.17) is 0 Å². The molecule has 1 aliphatic rings. The van der Waals surface area contributed by atoms with E-state index in [1.807, 2.05) is 23.6 Å². The fraction of sp³-hybridized carbons (Fsp3) is 0.294. The zero-order valence-electron chi connectivity index (χ0n) is 13.6. The lowest BCUT2D eigenvalue weighted by Gasteiger charge is -2.34. The summed E-state index contributed by atoms with van der Waals surface area (Å²) in [5.74, 6) is -0.0254. The highest BCUT2D eigenvalue weighted by molar-refractivity contribution is 7.13. The number of carbonyl (C=O) groups is 1. The SMILES string of the molecule is O=C(CCN1CCc2[nH]cnc2[C@@H]1c1ccccn1)Nc1nccs1. The van der Waals surface area contributed by atoms with E-state index in [9.17, 15) is 4.79 Å². The van der Waals surface area contributed by atoms with Crippen molar-refractivity contribution in [1.29, 1.82) is 0 Å². The maximum Gasteiger partial charge on any atom is 0.227 e. The summed E-state index contributed by atoms with van der Waals surface area (Å²) in [6.45, 7) is 1.51. The number of nitrogens with zero attached hydrogens (tertiary/aromatic N) is 4. The Bertz CT molecular complexity index is 832. The summed E-state index contributed by atoms with van der Waals surface area (Å²) >= 11 is 1.42. The Hall–Kier alpha value is -2.58. The minimum Gasteiger partial charge on any atom is -0.348 e. The van der Waals surface area contributed by atoms with Crippen LogP contribution in [-0.2, 0) is 11.2 Å². The number of pyridine rings is 1. The topological polar surface area (TPSA) is 86.8 Å². The van der Waals surface area contributed by atoms with Gasteiger partial charge in [0, 0.05) is 49.4 Å². The molecule has 0 spiro atoms. The Labute approximate surface area is 149 Å². The molecule has 0 unspecified atom stereocenters. The summed E-state index contributed by atoms with van der Waals surface area (Å²) in [4.78, 5) is 30.8. The second-order valence-electron chi connectivity index (χ2n) is 5.84. The summed E-state index contributed by atoms with van der Waals surface area (Å²) in [5, 5.41) is 5.32. The number of anilines is 1. The van der Waals surface area contributed by atoms with Crippen molar-refractivity contribution in [3.05, 3.63) is 59.4 Å². The summed E-state index contributed by atoms with van der Waals surface area (Å²) in [5.41, 5.74) is 3.11. The van der Waals surface area contributed by atoms with Gasteiger partial charge in [0.2, 0.25) is 5.91 Å². The van der Waals surface area contributed by atoms with Gasteiger partial charge in [-0.2, -0.15) is 0 Å². The number of fused-ring (bicyclic) bond motifs is 1. The first-order valence-electron chi connectivity index (χ1n) is 8.18. The quantitative estimate of drug-likeness (QED) is 0.734. The van der Waals surface area contributed by atoms with E-state index < -0.39 is 0 Å². The van der Waals surface area contributed by atoms with Crippen LogP contribution in [0.2, 0.25) is 0 Å². The molecule has 3 aromatic heterocycles. The van der Waals surface area contributed by atoms with Gasteiger partial charge in [0.15, 0.2) is 5.13 Å². The molecule has 2 N–H and O–H groups in total. The largest absolute Gasteiger partial charge is 0.348 e. The first-order valence-corrected chi connectivity index (χ1v) is 9.05. The Morgan fingerprint density at radius 1 is 1.32 bits per heavy atom.